The van der Waals surface area contributed by atoms with E-state index in [1.807, 2.05) is 33.0 Å². The number of sulfonamides is 1. The zero-order valence-electron chi connectivity index (χ0n) is 13.0. The molecule has 1 rings (SSSR count). The van der Waals surface area contributed by atoms with Crippen molar-refractivity contribution in [2.24, 2.45) is 0 Å². The van der Waals surface area contributed by atoms with Crippen molar-refractivity contribution in [2.45, 2.75) is 57.0 Å². The monoisotopic (exact) mass is 298 g/mol. The Kier molecular flexibility index (Phi) is 6.17. The van der Waals surface area contributed by atoms with E-state index in [4.69, 9.17) is 0 Å². The van der Waals surface area contributed by atoms with Crippen LogP contribution in [0.3, 0.4) is 0 Å². The van der Waals surface area contributed by atoms with Crippen molar-refractivity contribution in [2.75, 3.05) is 7.05 Å². The molecule has 1 aromatic carbocycles. The molecule has 0 saturated carbocycles. The summed E-state index contributed by atoms with van der Waals surface area (Å²) in [4.78, 5) is 0.384. The third-order valence-electron chi connectivity index (χ3n) is 3.50. The van der Waals surface area contributed by atoms with Crippen LogP contribution in [0.1, 0.15) is 45.6 Å². The molecule has 0 radical (unpaired) electrons. The maximum absolute atomic E-state index is 12.4. The van der Waals surface area contributed by atoms with Gasteiger partial charge in [-0.05, 0) is 44.9 Å². The topological polar surface area (TPSA) is 58.2 Å². The van der Waals surface area contributed by atoms with E-state index in [2.05, 4.69) is 23.9 Å². The molecule has 2 N–H and O–H groups in total. The lowest BCUT2D eigenvalue weighted by atomic mass is 9.92. The summed E-state index contributed by atoms with van der Waals surface area (Å²) in [5.74, 6) is 0.130. The first-order valence-electron chi connectivity index (χ1n) is 7.12. The third kappa shape index (κ3) is 4.04. The average molecular weight is 298 g/mol. The van der Waals surface area contributed by atoms with Crippen molar-refractivity contribution in [1.82, 2.24) is 10.0 Å². The fourth-order valence-electron chi connectivity index (χ4n) is 2.50. The van der Waals surface area contributed by atoms with Gasteiger partial charge in [0, 0.05) is 12.1 Å². The lowest BCUT2D eigenvalue weighted by molar-refractivity contribution is 0.467. The van der Waals surface area contributed by atoms with Crippen molar-refractivity contribution in [3.63, 3.8) is 0 Å². The van der Waals surface area contributed by atoms with E-state index in [0.717, 1.165) is 12.0 Å². The van der Waals surface area contributed by atoms with Crippen LogP contribution in [0.25, 0.3) is 0 Å². The van der Waals surface area contributed by atoms with E-state index in [1.165, 1.54) is 0 Å². The van der Waals surface area contributed by atoms with Crippen LogP contribution < -0.4 is 10.0 Å². The molecule has 0 spiro atoms. The minimum Gasteiger partial charge on any atom is -0.316 e. The molecule has 0 heterocycles. The van der Waals surface area contributed by atoms with Crippen LogP contribution in [0.2, 0.25) is 0 Å². The van der Waals surface area contributed by atoms with Crippen LogP contribution in [-0.4, -0.2) is 27.5 Å². The maximum Gasteiger partial charge on any atom is 0.241 e. The predicted molar refractivity (Wildman–Crippen MR) is 83.5 cm³/mol. The summed E-state index contributed by atoms with van der Waals surface area (Å²) < 4.78 is 27.5. The molecule has 0 bridgehead atoms. The van der Waals surface area contributed by atoms with Crippen molar-refractivity contribution in [1.29, 1.82) is 0 Å². The number of hydrogen-bond acceptors (Lipinski definition) is 3. The van der Waals surface area contributed by atoms with Gasteiger partial charge in [0.05, 0.1) is 4.90 Å². The van der Waals surface area contributed by atoms with E-state index in [-0.39, 0.29) is 18.0 Å². The van der Waals surface area contributed by atoms with Gasteiger partial charge in [-0.25, -0.2) is 13.1 Å². The van der Waals surface area contributed by atoms with Gasteiger partial charge in [0.25, 0.3) is 0 Å². The summed E-state index contributed by atoms with van der Waals surface area (Å²) in [7, 11) is -1.55. The van der Waals surface area contributed by atoms with Crippen molar-refractivity contribution < 1.29 is 8.42 Å². The Morgan fingerprint density at radius 1 is 1.15 bits per heavy atom. The van der Waals surface area contributed by atoms with Crippen molar-refractivity contribution in [3.05, 3.63) is 29.8 Å². The molecule has 114 valence electrons. The second-order valence-corrected chi connectivity index (χ2v) is 7.09. The molecule has 0 fully saturated rings. The first-order valence-corrected chi connectivity index (χ1v) is 8.60. The molecular weight excluding hydrogens is 272 g/mol. The van der Waals surface area contributed by atoms with Gasteiger partial charge in [-0.15, -0.1) is 0 Å². The van der Waals surface area contributed by atoms with Crippen LogP contribution >= 0.6 is 0 Å². The summed E-state index contributed by atoms with van der Waals surface area (Å²) in [6, 6.07) is 7.38. The highest BCUT2D eigenvalue weighted by molar-refractivity contribution is 7.89. The van der Waals surface area contributed by atoms with Gasteiger partial charge in [0.15, 0.2) is 0 Å². The second kappa shape index (κ2) is 7.20. The van der Waals surface area contributed by atoms with Gasteiger partial charge in [0.1, 0.15) is 0 Å². The van der Waals surface area contributed by atoms with Crippen molar-refractivity contribution >= 4 is 10.0 Å². The fourth-order valence-corrected chi connectivity index (χ4v) is 4.07. The molecule has 1 aromatic rings. The predicted octanol–water partition coefficient (Wildman–Crippen LogP) is 2.47. The molecule has 5 heteroatoms. The highest BCUT2D eigenvalue weighted by Gasteiger charge is 2.24. The molecule has 0 aliphatic rings. The Labute approximate surface area is 123 Å². The Morgan fingerprint density at radius 2 is 1.75 bits per heavy atom. The first kappa shape index (κ1) is 17.1. The van der Waals surface area contributed by atoms with E-state index in [9.17, 15) is 8.42 Å². The number of benzene rings is 1. The number of hydrogen-bond donors (Lipinski definition) is 2. The van der Waals surface area contributed by atoms with E-state index >= 15 is 0 Å². The lowest BCUT2D eigenvalue weighted by Crippen LogP contribution is -2.34. The summed E-state index contributed by atoms with van der Waals surface area (Å²) in [5, 5.41) is 3.25. The van der Waals surface area contributed by atoms with Gasteiger partial charge in [-0.1, -0.05) is 32.0 Å². The molecule has 0 aromatic heterocycles. The Hall–Kier alpha value is -0.910. The molecule has 0 aliphatic carbocycles. The first-order chi connectivity index (χ1) is 9.33. The zero-order chi connectivity index (χ0) is 15.3. The van der Waals surface area contributed by atoms with E-state index in [1.54, 1.807) is 12.1 Å². The number of rotatable bonds is 7. The molecule has 20 heavy (non-hydrogen) atoms. The molecule has 2 atom stereocenters. The van der Waals surface area contributed by atoms with Gasteiger partial charge >= 0.3 is 0 Å². The smallest absolute Gasteiger partial charge is 0.241 e. The summed E-state index contributed by atoms with van der Waals surface area (Å²) in [5.41, 5.74) is 0.863. The zero-order valence-corrected chi connectivity index (χ0v) is 13.8. The molecule has 0 saturated heterocycles. The van der Waals surface area contributed by atoms with Crippen LogP contribution in [-0.2, 0) is 10.0 Å². The highest BCUT2D eigenvalue weighted by atomic mass is 32.2. The van der Waals surface area contributed by atoms with Gasteiger partial charge in [-0.2, -0.15) is 0 Å². The maximum atomic E-state index is 12.4. The number of nitrogens with one attached hydrogen (secondary N) is 2. The van der Waals surface area contributed by atoms with Gasteiger partial charge < -0.3 is 5.32 Å². The highest BCUT2D eigenvalue weighted by Crippen LogP contribution is 2.27. The van der Waals surface area contributed by atoms with Gasteiger partial charge in [-0.3, -0.25) is 0 Å². The normalized spacial score (nSPS) is 15.3. The third-order valence-corrected chi connectivity index (χ3v) is 5.24. The SMILES string of the molecule is CCC(NC)C(C)c1ccccc1S(=O)(=O)NC(C)C. The lowest BCUT2D eigenvalue weighted by Gasteiger charge is -2.25. The van der Waals surface area contributed by atoms with Crippen LogP contribution in [0, 0.1) is 0 Å². The van der Waals surface area contributed by atoms with E-state index in [0.29, 0.717) is 4.90 Å². The number of likely N-dealkylation sites (N-methyl/N-ethyl adjacent to an activating group) is 1. The van der Waals surface area contributed by atoms with Crippen LogP contribution in [0.15, 0.2) is 29.2 Å². The Balaban J connectivity index is 3.24. The summed E-state index contributed by atoms with van der Waals surface area (Å²) >= 11 is 0. The Morgan fingerprint density at radius 3 is 2.25 bits per heavy atom. The summed E-state index contributed by atoms with van der Waals surface area (Å²) in [6.07, 6.45) is 0.948. The molecule has 0 amide bonds. The molecule has 2 unspecified atom stereocenters. The Bertz CT molecular complexity index is 522. The average Bonchev–Trinajstić information content (AvgIpc) is 2.38. The fraction of sp³-hybridized carbons (Fsp3) is 0.600. The minimum absolute atomic E-state index is 0.116. The van der Waals surface area contributed by atoms with Crippen LogP contribution in [0.5, 0.6) is 0 Å². The standard InChI is InChI=1S/C15H26N2O2S/c1-6-14(16-5)12(4)13-9-7-8-10-15(13)20(18,19)17-11(2)3/h7-12,14,16-17H,6H2,1-5H3. The largest absolute Gasteiger partial charge is 0.316 e. The molecular formula is C15H26N2O2S. The minimum atomic E-state index is -3.46. The quantitative estimate of drug-likeness (QED) is 0.813. The molecule has 4 nitrogen and oxygen atoms in total. The van der Waals surface area contributed by atoms with Crippen LogP contribution in [0.4, 0.5) is 0 Å². The van der Waals surface area contributed by atoms with Gasteiger partial charge in [0.2, 0.25) is 10.0 Å². The van der Waals surface area contributed by atoms with Crippen molar-refractivity contribution in [3.8, 4) is 0 Å². The summed E-state index contributed by atoms with van der Waals surface area (Å²) in [6.45, 7) is 7.81. The van der Waals surface area contributed by atoms with E-state index < -0.39 is 10.0 Å². The molecule has 0 aliphatic heterocycles. The second-order valence-electron chi connectivity index (χ2n) is 5.41.